The number of aromatic nitrogens is 1. The van der Waals surface area contributed by atoms with Crippen LogP contribution in [0.5, 0.6) is 11.5 Å². The van der Waals surface area contributed by atoms with Crippen LogP contribution >= 0.6 is 22.6 Å². The molecular formula is C22H20IN3O5. The summed E-state index contributed by atoms with van der Waals surface area (Å²) in [5.74, 6) is -0.665. The molecule has 0 saturated carbocycles. The third-order valence-electron chi connectivity index (χ3n) is 4.08. The van der Waals surface area contributed by atoms with E-state index in [9.17, 15) is 9.59 Å². The summed E-state index contributed by atoms with van der Waals surface area (Å²) in [6, 6.07) is 14.4. The molecule has 0 radical (unpaired) electrons. The number of carboxylic acids is 1. The van der Waals surface area contributed by atoms with Crippen molar-refractivity contribution in [3.05, 3.63) is 75.6 Å². The molecule has 160 valence electrons. The molecule has 9 heteroatoms. The Morgan fingerprint density at radius 1 is 1.16 bits per heavy atom. The number of carbonyl (C=O) groups is 2. The molecular weight excluding hydrogens is 513 g/mol. The van der Waals surface area contributed by atoms with Crippen molar-refractivity contribution in [2.75, 3.05) is 13.2 Å². The minimum atomic E-state index is -1.08. The minimum absolute atomic E-state index is 0.346. The summed E-state index contributed by atoms with van der Waals surface area (Å²) < 4.78 is 13.4. The first-order chi connectivity index (χ1) is 15.0. The summed E-state index contributed by atoms with van der Waals surface area (Å²) in [7, 11) is 0. The molecule has 0 aliphatic carbocycles. The lowest BCUT2D eigenvalue weighted by molar-refractivity contribution is -0.139. The molecule has 0 aliphatic heterocycles. The maximum absolute atomic E-state index is 12.7. The average Bonchev–Trinajstić information content (AvgIpc) is 3.28. The highest BCUT2D eigenvalue weighted by Gasteiger charge is 2.14. The first-order valence-corrected chi connectivity index (χ1v) is 10.4. The van der Waals surface area contributed by atoms with Gasteiger partial charge in [0.1, 0.15) is 0 Å². The van der Waals surface area contributed by atoms with Crippen molar-refractivity contribution >= 4 is 40.7 Å². The predicted octanol–water partition coefficient (Wildman–Crippen LogP) is 3.71. The zero-order valence-electron chi connectivity index (χ0n) is 16.6. The van der Waals surface area contributed by atoms with Crippen LogP contribution in [0, 0.1) is 3.57 Å². The second-order valence-electron chi connectivity index (χ2n) is 6.25. The zero-order valence-corrected chi connectivity index (χ0v) is 18.8. The highest BCUT2D eigenvalue weighted by molar-refractivity contribution is 14.1. The third-order valence-corrected chi connectivity index (χ3v) is 4.88. The summed E-state index contributed by atoms with van der Waals surface area (Å²) in [6.07, 6.45) is 5.21. The standard InChI is InChI=1S/C22H20IN3O5/c1-2-30-19-12-15(11-17(23)21(19)31-14-20(27)28)13-24-25-22(29)16-7-3-4-8-18(16)26-9-5-6-10-26/h3-13H,2,14H2,1H3,(H,25,29)(H,27,28)/b24-13-. The van der Waals surface area contributed by atoms with Gasteiger partial charge in [-0.1, -0.05) is 12.1 Å². The monoisotopic (exact) mass is 533 g/mol. The lowest BCUT2D eigenvalue weighted by Gasteiger charge is -2.13. The topological polar surface area (TPSA) is 102 Å². The highest BCUT2D eigenvalue weighted by Crippen LogP contribution is 2.33. The van der Waals surface area contributed by atoms with E-state index in [2.05, 4.69) is 10.5 Å². The molecule has 1 aromatic heterocycles. The third kappa shape index (κ3) is 5.85. The van der Waals surface area contributed by atoms with Gasteiger partial charge in [-0.25, -0.2) is 10.2 Å². The molecule has 1 heterocycles. The molecule has 0 saturated heterocycles. The van der Waals surface area contributed by atoms with E-state index in [0.717, 1.165) is 5.69 Å². The Morgan fingerprint density at radius 3 is 2.61 bits per heavy atom. The Kier molecular flexibility index (Phi) is 7.65. The van der Waals surface area contributed by atoms with Gasteiger partial charge in [-0.2, -0.15) is 5.10 Å². The van der Waals surface area contributed by atoms with Crippen LogP contribution in [0.4, 0.5) is 0 Å². The van der Waals surface area contributed by atoms with E-state index in [-0.39, 0.29) is 5.91 Å². The molecule has 0 aliphatic rings. The van der Waals surface area contributed by atoms with Crippen LogP contribution in [0.15, 0.2) is 66.0 Å². The first kappa shape index (κ1) is 22.3. The van der Waals surface area contributed by atoms with Crippen LogP contribution in [0.2, 0.25) is 0 Å². The minimum Gasteiger partial charge on any atom is -0.490 e. The van der Waals surface area contributed by atoms with Gasteiger partial charge in [0, 0.05) is 12.4 Å². The van der Waals surface area contributed by atoms with Gasteiger partial charge < -0.3 is 19.1 Å². The van der Waals surface area contributed by atoms with E-state index in [1.807, 2.05) is 70.7 Å². The highest BCUT2D eigenvalue weighted by atomic mass is 127. The quantitative estimate of drug-likeness (QED) is 0.248. The van der Waals surface area contributed by atoms with E-state index < -0.39 is 12.6 Å². The Hall–Kier alpha value is -3.34. The van der Waals surface area contributed by atoms with Crippen LogP contribution in [-0.2, 0) is 4.79 Å². The van der Waals surface area contributed by atoms with Gasteiger partial charge in [0.2, 0.25) is 0 Å². The Balaban J connectivity index is 1.77. The lowest BCUT2D eigenvalue weighted by atomic mass is 10.1. The largest absolute Gasteiger partial charge is 0.490 e. The van der Waals surface area contributed by atoms with Gasteiger partial charge >= 0.3 is 5.97 Å². The fraction of sp³-hybridized carbons (Fsp3) is 0.136. The molecule has 31 heavy (non-hydrogen) atoms. The van der Waals surface area contributed by atoms with Gasteiger partial charge in [-0.05, 0) is 71.5 Å². The van der Waals surface area contributed by atoms with E-state index in [1.54, 1.807) is 24.3 Å². The Morgan fingerprint density at radius 2 is 1.90 bits per heavy atom. The Bertz CT molecular complexity index is 1100. The molecule has 0 unspecified atom stereocenters. The fourth-order valence-corrected chi connectivity index (χ4v) is 3.59. The fourth-order valence-electron chi connectivity index (χ4n) is 2.81. The molecule has 3 rings (SSSR count). The van der Waals surface area contributed by atoms with E-state index in [4.69, 9.17) is 14.6 Å². The number of benzene rings is 2. The maximum atomic E-state index is 12.7. The van der Waals surface area contributed by atoms with E-state index >= 15 is 0 Å². The number of rotatable bonds is 9. The van der Waals surface area contributed by atoms with E-state index in [1.165, 1.54) is 6.21 Å². The molecule has 2 aromatic carbocycles. The second kappa shape index (κ2) is 10.6. The number of carboxylic acid groups (broad SMARTS) is 1. The van der Waals surface area contributed by atoms with E-state index in [0.29, 0.717) is 32.8 Å². The average molecular weight is 533 g/mol. The van der Waals surface area contributed by atoms with Gasteiger partial charge in [0.25, 0.3) is 5.91 Å². The number of carbonyl (C=O) groups excluding carboxylic acids is 1. The number of nitrogens with one attached hydrogen (secondary N) is 1. The number of nitrogens with zero attached hydrogens (tertiary/aromatic N) is 2. The van der Waals surface area contributed by atoms with Crippen LogP contribution in [0.3, 0.4) is 0 Å². The second-order valence-corrected chi connectivity index (χ2v) is 7.41. The summed E-state index contributed by atoms with van der Waals surface area (Å²) in [5, 5.41) is 12.9. The van der Waals surface area contributed by atoms with Crippen molar-refractivity contribution in [2.24, 2.45) is 5.10 Å². The summed E-state index contributed by atoms with van der Waals surface area (Å²) in [5.41, 5.74) is 4.43. The molecule has 8 nitrogen and oxygen atoms in total. The maximum Gasteiger partial charge on any atom is 0.341 e. The smallest absolute Gasteiger partial charge is 0.341 e. The van der Waals surface area contributed by atoms with Crippen LogP contribution in [0.1, 0.15) is 22.8 Å². The van der Waals surface area contributed by atoms with Gasteiger partial charge in [0.05, 0.1) is 27.6 Å². The number of halogens is 1. The van der Waals surface area contributed by atoms with Gasteiger partial charge in [-0.3, -0.25) is 4.79 Å². The molecule has 1 amide bonds. The van der Waals surface area contributed by atoms with Crippen LogP contribution in [-0.4, -0.2) is 41.0 Å². The summed E-state index contributed by atoms with van der Waals surface area (Å²) in [4.78, 5) is 23.5. The normalized spacial score (nSPS) is 10.8. The van der Waals surface area contributed by atoms with Crippen molar-refractivity contribution in [1.82, 2.24) is 9.99 Å². The molecule has 3 aromatic rings. The number of para-hydroxylation sites is 1. The molecule has 2 N–H and O–H groups in total. The van der Waals surface area contributed by atoms with Crippen LogP contribution < -0.4 is 14.9 Å². The SMILES string of the molecule is CCOc1cc(/C=N\NC(=O)c2ccccc2-n2cccc2)cc(I)c1OCC(=O)O. The first-order valence-electron chi connectivity index (χ1n) is 9.36. The molecule has 0 spiro atoms. The number of hydrogen-bond acceptors (Lipinski definition) is 5. The lowest BCUT2D eigenvalue weighted by Crippen LogP contribution is -2.19. The van der Waals surface area contributed by atoms with Gasteiger partial charge in [0.15, 0.2) is 18.1 Å². The van der Waals surface area contributed by atoms with Crippen molar-refractivity contribution < 1.29 is 24.2 Å². The number of hydrazone groups is 1. The molecule has 0 bridgehead atoms. The summed E-state index contributed by atoms with van der Waals surface area (Å²) >= 11 is 2.03. The number of ether oxygens (including phenoxy) is 2. The number of hydrogen-bond donors (Lipinski definition) is 2. The van der Waals surface area contributed by atoms with Gasteiger partial charge in [-0.15, -0.1) is 0 Å². The number of amides is 1. The molecule has 0 atom stereocenters. The van der Waals surface area contributed by atoms with Crippen LogP contribution in [0.25, 0.3) is 5.69 Å². The predicted molar refractivity (Wildman–Crippen MR) is 124 cm³/mol. The summed E-state index contributed by atoms with van der Waals surface area (Å²) in [6.45, 7) is 1.73. The van der Waals surface area contributed by atoms with Crippen molar-refractivity contribution in [3.63, 3.8) is 0 Å². The Labute approximate surface area is 192 Å². The van der Waals surface area contributed by atoms with Crippen molar-refractivity contribution in [1.29, 1.82) is 0 Å². The zero-order chi connectivity index (χ0) is 22.2. The molecule has 0 fully saturated rings. The number of aliphatic carboxylic acids is 1. The van der Waals surface area contributed by atoms with Crippen molar-refractivity contribution in [3.8, 4) is 17.2 Å². The van der Waals surface area contributed by atoms with Crippen molar-refractivity contribution in [2.45, 2.75) is 6.92 Å².